The lowest BCUT2D eigenvalue weighted by molar-refractivity contribution is 0.284. The highest BCUT2D eigenvalue weighted by Gasteiger charge is 2.11. The molecular weight excluding hydrogens is 445 g/mol. The highest BCUT2D eigenvalue weighted by atomic mass is 35.5. The minimum atomic E-state index is 0.310. The van der Waals surface area contributed by atoms with Crippen LogP contribution in [0.2, 0.25) is 10.0 Å². The summed E-state index contributed by atoms with van der Waals surface area (Å²) in [7, 11) is 1.57. The number of benzene rings is 3. The molecular formula is C25H19Cl2N3O2. The summed E-state index contributed by atoms with van der Waals surface area (Å²) in [5, 5.41) is 10.7. The number of nitrogens with one attached hydrogen (secondary N) is 1. The third kappa shape index (κ3) is 4.72. The lowest BCUT2D eigenvalue weighted by Crippen LogP contribution is -1.98. The third-order valence-corrected chi connectivity index (χ3v) is 5.63. The quantitative estimate of drug-likeness (QED) is 0.318. The number of rotatable bonds is 6. The van der Waals surface area contributed by atoms with Crippen LogP contribution >= 0.6 is 23.2 Å². The van der Waals surface area contributed by atoms with Crippen LogP contribution in [0.15, 0.2) is 54.6 Å². The molecule has 0 radical (unpaired) electrons. The predicted octanol–water partition coefficient (Wildman–Crippen LogP) is 6.83. The van der Waals surface area contributed by atoms with Crippen molar-refractivity contribution in [3.8, 4) is 17.6 Å². The summed E-state index contributed by atoms with van der Waals surface area (Å²) in [4.78, 5) is 7.75. The standard InChI is InChI=1S/C25H19Cl2N3O2/c1-15-3-7-21-22(9-15)30-25(29-21)18(13-28)10-16-5-8-23(24(12-16)31-2)32-14-17-4-6-19(26)20(27)11-17/h3-12H,14H2,1-2H3,(H,29,30)/b18-10-. The van der Waals surface area contributed by atoms with E-state index in [1.807, 2.05) is 43.3 Å². The number of nitrogens with zero attached hydrogens (tertiary/aromatic N) is 2. The van der Waals surface area contributed by atoms with Gasteiger partial charge in [-0.05, 0) is 66.1 Å². The Morgan fingerprint density at radius 1 is 1.06 bits per heavy atom. The van der Waals surface area contributed by atoms with Crippen molar-refractivity contribution in [3.63, 3.8) is 0 Å². The fourth-order valence-corrected chi connectivity index (χ4v) is 3.58. The van der Waals surface area contributed by atoms with Gasteiger partial charge < -0.3 is 14.5 Å². The zero-order valence-electron chi connectivity index (χ0n) is 17.4. The second-order valence-electron chi connectivity index (χ2n) is 7.22. The first-order chi connectivity index (χ1) is 15.5. The molecule has 0 aliphatic heterocycles. The summed E-state index contributed by atoms with van der Waals surface area (Å²) in [5.41, 5.74) is 4.93. The average Bonchev–Trinajstić information content (AvgIpc) is 3.21. The summed E-state index contributed by atoms with van der Waals surface area (Å²) < 4.78 is 11.4. The van der Waals surface area contributed by atoms with E-state index >= 15 is 0 Å². The Morgan fingerprint density at radius 3 is 2.66 bits per heavy atom. The molecule has 0 unspecified atom stereocenters. The molecule has 0 saturated carbocycles. The Bertz CT molecular complexity index is 1370. The SMILES string of the molecule is COc1cc(/C=C(/C#N)c2nc3ccc(C)cc3[nH]2)ccc1OCc1ccc(Cl)c(Cl)c1. The Balaban J connectivity index is 1.58. The van der Waals surface area contributed by atoms with Gasteiger partial charge in [-0.1, -0.05) is 41.4 Å². The molecule has 1 N–H and O–H groups in total. The predicted molar refractivity (Wildman–Crippen MR) is 128 cm³/mol. The summed E-state index contributed by atoms with van der Waals surface area (Å²) in [6, 6.07) is 19.0. The number of aromatic amines is 1. The van der Waals surface area contributed by atoms with Crippen molar-refractivity contribution in [2.75, 3.05) is 7.11 Å². The summed E-state index contributed by atoms with van der Waals surface area (Å²) in [6.45, 7) is 2.32. The third-order valence-electron chi connectivity index (χ3n) is 4.89. The van der Waals surface area contributed by atoms with Crippen LogP contribution in [-0.4, -0.2) is 17.1 Å². The van der Waals surface area contributed by atoms with Crippen LogP contribution in [0.4, 0.5) is 0 Å². The van der Waals surface area contributed by atoms with Gasteiger partial charge in [0.15, 0.2) is 11.5 Å². The van der Waals surface area contributed by atoms with E-state index < -0.39 is 0 Å². The summed E-state index contributed by atoms with van der Waals surface area (Å²) in [6.07, 6.45) is 1.76. The monoisotopic (exact) mass is 463 g/mol. The summed E-state index contributed by atoms with van der Waals surface area (Å²) in [5.74, 6) is 1.65. The van der Waals surface area contributed by atoms with E-state index in [4.69, 9.17) is 32.7 Å². The number of ether oxygens (including phenoxy) is 2. The highest BCUT2D eigenvalue weighted by Crippen LogP contribution is 2.31. The second kappa shape index (κ2) is 9.35. The average molecular weight is 464 g/mol. The number of allylic oxidation sites excluding steroid dienone is 1. The lowest BCUT2D eigenvalue weighted by atomic mass is 10.1. The van der Waals surface area contributed by atoms with Crippen molar-refractivity contribution >= 4 is 45.9 Å². The number of imidazole rings is 1. The van der Waals surface area contributed by atoms with Crippen LogP contribution in [0.5, 0.6) is 11.5 Å². The van der Waals surface area contributed by atoms with E-state index in [1.54, 1.807) is 31.4 Å². The number of nitriles is 1. The Morgan fingerprint density at radius 2 is 1.91 bits per heavy atom. The maximum absolute atomic E-state index is 9.70. The van der Waals surface area contributed by atoms with Crippen molar-refractivity contribution in [1.82, 2.24) is 9.97 Å². The maximum atomic E-state index is 9.70. The van der Waals surface area contributed by atoms with Gasteiger partial charge in [0.25, 0.3) is 0 Å². The molecule has 0 saturated heterocycles. The number of aromatic nitrogens is 2. The van der Waals surface area contributed by atoms with Gasteiger partial charge in [-0.2, -0.15) is 5.26 Å². The van der Waals surface area contributed by atoms with E-state index in [1.165, 1.54) is 0 Å². The van der Waals surface area contributed by atoms with Gasteiger partial charge in [-0.3, -0.25) is 0 Å². The number of fused-ring (bicyclic) bond motifs is 1. The fourth-order valence-electron chi connectivity index (χ4n) is 3.25. The molecule has 32 heavy (non-hydrogen) atoms. The van der Waals surface area contributed by atoms with Crippen molar-refractivity contribution in [2.24, 2.45) is 0 Å². The van der Waals surface area contributed by atoms with E-state index in [0.717, 1.165) is 27.7 Å². The van der Waals surface area contributed by atoms with Gasteiger partial charge in [0, 0.05) is 0 Å². The van der Waals surface area contributed by atoms with Gasteiger partial charge >= 0.3 is 0 Å². The molecule has 5 nitrogen and oxygen atoms in total. The van der Waals surface area contributed by atoms with Crippen LogP contribution in [0.3, 0.4) is 0 Å². The van der Waals surface area contributed by atoms with E-state index in [2.05, 4.69) is 16.0 Å². The number of H-pyrrole nitrogens is 1. The van der Waals surface area contributed by atoms with E-state index in [9.17, 15) is 5.26 Å². The largest absolute Gasteiger partial charge is 0.493 e. The molecule has 7 heteroatoms. The first-order valence-corrected chi connectivity index (χ1v) is 10.6. The molecule has 0 spiro atoms. The number of aryl methyl sites for hydroxylation is 1. The number of halogens is 2. The number of hydrogen-bond acceptors (Lipinski definition) is 4. The van der Waals surface area contributed by atoms with Crippen molar-refractivity contribution in [3.05, 3.63) is 87.2 Å². The normalized spacial score (nSPS) is 11.4. The molecule has 0 amide bonds. The smallest absolute Gasteiger partial charge is 0.161 e. The Labute approximate surface area is 195 Å². The Kier molecular flexibility index (Phi) is 6.36. The van der Waals surface area contributed by atoms with Crippen LogP contribution in [0.25, 0.3) is 22.7 Å². The molecule has 3 aromatic carbocycles. The molecule has 0 bridgehead atoms. The highest BCUT2D eigenvalue weighted by molar-refractivity contribution is 6.42. The second-order valence-corrected chi connectivity index (χ2v) is 8.04. The summed E-state index contributed by atoms with van der Waals surface area (Å²) >= 11 is 12.0. The molecule has 0 aliphatic rings. The van der Waals surface area contributed by atoms with Gasteiger partial charge in [0.1, 0.15) is 18.5 Å². The zero-order chi connectivity index (χ0) is 22.7. The molecule has 4 aromatic rings. The van der Waals surface area contributed by atoms with Crippen LogP contribution in [0.1, 0.15) is 22.5 Å². The van der Waals surface area contributed by atoms with Crippen molar-refractivity contribution in [1.29, 1.82) is 5.26 Å². The first-order valence-electron chi connectivity index (χ1n) is 9.80. The van der Waals surface area contributed by atoms with Crippen LogP contribution in [-0.2, 0) is 6.61 Å². The minimum absolute atomic E-state index is 0.310. The molecule has 1 aromatic heterocycles. The Hall–Kier alpha value is -3.46. The van der Waals surface area contributed by atoms with Gasteiger partial charge in [0.05, 0.1) is 33.8 Å². The molecule has 160 valence electrons. The topological polar surface area (TPSA) is 70.9 Å². The molecule has 0 atom stereocenters. The molecule has 0 aliphatic carbocycles. The van der Waals surface area contributed by atoms with Gasteiger partial charge in [-0.15, -0.1) is 0 Å². The zero-order valence-corrected chi connectivity index (χ0v) is 19.0. The van der Waals surface area contributed by atoms with Crippen molar-refractivity contribution in [2.45, 2.75) is 13.5 Å². The number of methoxy groups -OCH3 is 1. The lowest BCUT2D eigenvalue weighted by Gasteiger charge is -2.12. The molecule has 1 heterocycles. The van der Waals surface area contributed by atoms with Crippen molar-refractivity contribution < 1.29 is 9.47 Å². The minimum Gasteiger partial charge on any atom is -0.493 e. The number of hydrogen-bond donors (Lipinski definition) is 1. The van der Waals surface area contributed by atoms with Gasteiger partial charge in [0.2, 0.25) is 0 Å². The first kappa shape index (κ1) is 21.8. The van der Waals surface area contributed by atoms with Crippen LogP contribution < -0.4 is 9.47 Å². The fraction of sp³-hybridized carbons (Fsp3) is 0.120. The maximum Gasteiger partial charge on any atom is 0.161 e. The molecule has 0 fully saturated rings. The van der Waals surface area contributed by atoms with E-state index in [0.29, 0.717) is 39.5 Å². The van der Waals surface area contributed by atoms with Crippen LogP contribution in [0, 0.1) is 18.3 Å². The van der Waals surface area contributed by atoms with E-state index in [-0.39, 0.29) is 0 Å². The van der Waals surface area contributed by atoms with Gasteiger partial charge in [-0.25, -0.2) is 4.98 Å². The molecule has 4 rings (SSSR count).